The summed E-state index contributed by atoms with van der Waals surface area (Å²) in [6.07, 6.45) is 7.89. The molecule has 3 fully saturated rings. The molecule has 292 valence electrons. The Morgan fingerprint density at radius 3 is 2.44 bits per heavy atom. The van der Waals surface area contributed by atoms with Gasteiger partial charge in [0.2, 0.25) is 17.8 Å². The molecule has 5 aromatic rings. The Kier molecular flexibility index (Phi) is 11.3. The van der Waals surface area contributed by atoms with Crippen molar-refractivity contribution < 1.29 is 18.8 Å². The van der Waals surface area contributed by atoms with E-state index in [-0.39, 0.29) is 24.1 Å². The molecule has 3 aromatic carbocycles. The summed E-state index contributed by atoms with van der Waals surface area (Å²) in [4.78, 5) is 57.6. The van der Waals surface area contributed by atoms with Crippen LogP contribution in [-0.4, -0.2) is 87.8 Å². The van der Waals surface area contributed by atoms with Crippen LogP contribution in [0.25, 0.3) is 11.3 Å². The zero-order valence-electron chi connectivity index (χ0n) is 32.0. The van der Waals surface area contributed by atoms with E-state index >= 15 is 4.39 Å². The number of benzene rings is 3. The molecule has 0 aliphatic carbocycles. The molecule has 3 aliphatic heterocycles. The van der Waals surface area contributed by atoms with E-state index in [4.69, 9.17) is 0 Å². The number of rotatable bonds is 10. The number of anilines is 4. The number of carbonyl (C=O) groups excluding carboxylic acids is 3. The fourth-order valence-electron chi connectivity index (χ4n) is 8.05. The number of hydrogen-bond donors (Lipinski definition) is 3. The molecule has 0 spiro atoms. The molecule has 0 radical (unpaired) electrons. The van der Waals surface area contributed by atoms with Crippen LogP contribution < -0.4 is 20.9 Å². The largest absolute Gasteiger partial charge is 0.371 e. The normalized spacial score (nSPS) is 18.3. The number of nitrogens with one attached hydrogen (secondary N) is 3. The van der Waals surface area contributed by atoms with Crippen LogP contribution in [0.4, 0.5) is 27.4 Å². The summed E-state index contributed by atoms with van der Waals surface area (Å²) in [5.74, 6) is -1.45. The lowest BCUT2D eigenvalue weighted by molar-refractivity contribution is -0.134. The molecule has 0 saturated carbocycles. The van der Waals surface area contributed by atoms with Gasteiger partial charge in [0.1, 0.15) is 5.82 Å². The Morgan fingerprint density at radius 2 is 1.70 bits per heavy atom. The minimum absolute atomic E-state index is 0.182. The molecule has 1 atom stereocenters. The molecule has 3 aliphatic rings. The Bertz CT molecular complexity index is 2240. The fraction of sp³-hybridized carbons (Fsp3) is 0.318. The van der Waals surface area contributed by atoms with Crippen molar-refractivity contribution in [1.29, 1.82) is 0 Å². The van der Waals surface area contributed by atoms with Crippen LogP contribution in [0.3, 0.4) is 0 Å². The van der Waals surface area contributed by atoms with Gasteiger partial charge in [0, 0.05) is 111 Å². The standard InChI is InChI=1S/C44H46FN9O3/c1-29-4-8-33(26-40(29)50-44-47-18-14-39(49-44)32-3-2-17-46-27-32)48-42(56)31-6-9-34(10-7-31)53-19-15-35(16-20-53)54-23-21-52(22-24-54)28-30-5-11-36(38(45)25-30)37-12-13-41(55)51-43(37)57/h2-11,14,17-18,25-27,35,37H,12-13,15-16,19-24,28H2,1H3,(H,48,56)(H,47,49,50)(H,51,55,57). The van der Waals surface area contributed by atoms with Gasteiger partial charge in [-0.2, -0.15) is 0 Å². The van der Waals surface area contributed by atoms with Gasteiger partial charge in [-0.25, -0.2) is 14.4 Å². The van der Waals surface area contributed by atoms with E-state index < -0.39 is 11.8 Å². The number of nitrogens with zero attached hydrogens (tertiary/aromatic N) is 6. The van der Waals surface area contributed by atoms with E-state index in [9.17, 15) is 14.4 Å². The average Bonchev–Trinajstić information content (AvgIpc) is 3.23. The van der Waals surface area contributed by atoms with Gasteiger partial charge in [-0.1, -0.05) is 18.2 Å². The van der Waals surface area contributed by atoms with Crippen LogP contribution in [0, 0.1) is 12.7 Å². The van der Waals surface area contributed by atoms with Gasteiger partial charge in [-0.05, 0) is 98.0 Å². The van der Waals surface area contributed by atoms with Crippen LogP contribution >= 0.6 is 0 Å². The molecule has 8 rings (SSSR count). The maximum atomic E-state index is 15.1. The number of amides is 3. The maximum absolute atomic E-state index is 15.1. The third-order valence-corrected chi connectivity index (χ3v) is 11.3. The molecule has 3 amide bonds. The van der Waals surface area contributed by atoms with Crippen LogP contribution in [0.1, 0.15) is 58.6 Å². The lowest BCUT2D eigenvalue weighted by Gasteiger charge is -2.43. The second kappa shape index (κ2) is 17.0. The molecule has 0 bridgehead atoms. The predicted octanol–water partition coefficient (Wildman–Crippen LogP) is 6.29. The summed E-state index contributed by atoms with van der Waals surface area (Å²) in [6.45, 7) is 8.31. The van der Waals surface area contributed by atoms with Gasteiger partial charge in [-0.15, -0.1) is 0 Å². The van der Waals surface area contributed by atoms with Crippen molar-refractivity contribution in [3.8, 4) is 11.3 Å². The second-order valence-corrected chi connectivity index (χ2v) is 15.1. The van der Waals surface area contributed by atoms with Crippen LogP contribution in [-0.2, 0) is 16.1 Å². The van der Waals surface area contributed by atoms with Crippen molar-refractivity contribution >= 4 is 40.7 Å². The highest BCUT2D eigenvalue weighted by Crippen LogP contribution is 2.29. The van der Waals surface area contributed by atoms with Crippen LogP contribution in [0.15, 0.2) is 97.5 Å². The summed E-state index contributed by atoms with van der Waals surface area (Å²) in [7, 11) is 0. The van der Waals surface area contributed by atoms with Gasteiger partial charge in [0.15, 0.2) is 0 Å². The van der Waals surface area contributed by atoms with E-state index in [2.05, 4.69) is 45.6 Å². The quantitative estimate of drug-likeness (QED) is 0.139. The number of imide groups is 1. The first-order chi connectivity index (χ1) is 27.8. The highest BCUT2D eigenvalue weighted by atomic mass is 19.1. The summed E-state index contributed by atoms with van der Waals surface area (Å²) in [5, 5.41) is 8.65. The Morgan fingerprint density at radius 1 is 0.895 bits per heavy atom. The number of aryl methyl sites for hydroxylation is 1. The summed E-state index contributed by atoms with van der Waals surface area (Å²) < 4.78 is 15.1. The molecule has 12 nitrogen and oxygen atoms in total. The van der Waals surface area contributed by atoms with E-state index in [0.29, 0.717) is 41.8 Å². The van der Waals surface area contributed by atoms with Gasteiger partial charge < -0.3 is 15.5 Å². The number of hydrogen-bond acceptors (Lipinski definition) is 10. The predicted molar refractivity (Wildman–Crippen MR) is 218 cm³/mol. The number of halogens is 1. The van der Waals surface area contributed by atoms with Crippen LogP contribution in [0.5, 0.6) is 0 Å². The zero-order chi connectivity index (χ0) is 39.3. The maximum Gasteiger partial charge on any atom is 0.255 e. The first-order valence-electron chi connectivity index (χ1n) is 19.6. The molecule has 5 heterocycles. The van der Waals surface area contributed by atoms with E-state index in [1.807, 2.05) is 73.7 Å². The first kappa shape index (κ1) is 37.9. The lowest BCUT2D eigenvalue weighted by Crippen LogP contribution is -2.53. The molecule has 2 aromatic heterocycles. The summed E-state index contributed by atoms with van der Waals surface area (Å²) in [6, 6.07) is 24.9. The molecule has 13 heteroatoms. The number of pyridine rings is 1. The van der Waals surface area contributed by atoms with Crippen molar-refractivity contribution in [2.24, 2.45) is 0 Å². The van der Waals surface area contributed by atoms with Gasteiger partial charge in [0.05, 0.1) is 11.6 Å². The van der Waals surface area contributed by atoms with E-state index in [1.54, 1.807) is 30.7 Å². The summed E-state index contributed by atoms with van der Waals surface area (Å²) in [5.41, 5.74) is 7.06. The monoisotopic (exact) mass is 767 g/mol. The van der Waals surface area contributed by atoms with Crippen molar-refractivity contribution in [1.82, 2.24) is 30.1 Å². The van der Waals surface area contributed by atoms with Gasteiger partial charge in [0.25, 0.3) is 5.91 Å². The fourth-order valence-corrected chi connectivity index (χ4v) is 8.05. The average molecular weight is 768 g/mol. The SMILES string of the molecule is Cc1ccc(NC(=O)c2ccc(N3CCC(N4CCN(Cc5ccc(C6CCC(=O)NC6=O)c(F)c5)CC4)CC3)cc2)cc1Nc1nccc(-c2cccnc2)n1. The van der Waals surface area contributed by atoms with E-state index in [0.717, 1.165) is 85.9 Å². The number of piperazine rings is 1. The molecule has 3 saturated heterocycles. The highest BCUT2D eigenvalue weighted by molar-refractivity contribution is 6.04. The molecular formula is C44H46FN9O3. The second-order valence-electron chi connectivity index (χ2n) is 15.1. The lowest BCUT2D eigenvalue weighted by atomic mass is 9.89. The highest BCUT2D eigenvalue weighted by Gasteiger charge is 2.31. The smallest absolute Gasteiger partial charge is 0.255 e. The number of piperidine rings is 2. The minimum Gasteiger partial charge on any atom is -0.371 e. The van der Waals surface area contributed by atoms with Crippen molar-refractivity contribution in [3.63, 3.8) is 0 Å². The molecule has 1 unspecified atom stereocenters. The Labute approximate surface area is 331 Å². The van der Waals surface area contributed by atoms with Crippen molar-refractivity contribution in [2.45, 2.75) is 51.1 Å². The van der Waals surface area contributed by atoms with Crippen LogP contribution in [0.2, 0.25) is 0 Å². The minimum atomic E-state index is -0.619. The van der Waals surface area contributed by atoms with E-state index in [1.165, 1.54) is 0 Å². The summed E-state index contributed by atoms with van der Waals surface area (Å²) >= 11 is 0. The molecule has 3 N–H and O–H groups in total. The topological polar surface area (TPSA) is 136 Å². The number of aromatic nitrogens is 3. The van der Waals surface area contributed by atoms with Gasteiger partial charge >= 0.3 is 0 Å². The van der Waals surface area contributed by atoms with Crippen molar-refractivity contribution in [2.75, 3.05) is 54.8 Å². The molecular weight excluding hydrogens is 722 g/mol. The third kappa shape index (κ3) is 9.00. The van der Waals surface area contributed by atoms with Gasteiger partial charge in [-0.3, -0.25) is 34.5 Å². The zero-order valence-corrected chi connectivity index (χ0v) is 32.0. The van der Waals surface area contributed by atoms with Crippen molar-refractivity contribution in [3.05, 3.63) is 126 Å². The Hall–Kier alpha value is -6.05. The molecule has 57 heavy (non-hydrogen) atoms. The Balaban J connectivity index is 0.793. The number of carbonyl (C=O) groups is 3. The third-order valence-electron chi connectivity index (χ3n) is 11.3. The first-order valence-corrected chi connectivity index (χ1v) is 19.6.